The molecule has 2 aromatic carbocycles. The zero-order chi connectivity index (χ0) is 27.8. The van der Waals surface area contributed by atoms with Crippen LogP contribution in [0.4, 0.5) is 11.4 Å². The molecule has 3 aromatic rings. The summed E-state index contributed by atoms with van der Waals surface area (Å²) >= 11 is 1.29. The average molecular weight is 548 g/mol. The van der Waals surface area contributed by atoms with Crippen LogP contribution in [-0.4, -0.2) is 64.3 Å². The monoisotopic (exact) mass is 547 g/mol. The minimum Gasteiger partial charge on any atom is -0.378 e. The van der Waals surface area contributed by atoms with Crippen molar-refractivity contribution in [2.75, 3.05) is 42.3 Å². The quantitative estimate of drug-likeness (QED) is 0.287. The molecular weight excluding hydrogens is 510 g/mol. The van der Waals surface area contributed by atoms with E-state index in [1.807, 2.05) is 88.4 Å². The molecule has 206 valence electrons. The number of ether oxygens (including phenoxy) is 1. The molecule has 1 unspecified atom stereocenters. The fourth-order valence-corrected chi connectivity index (χ4v) is 5.41. The van der Waals surface area contributed by atoms with Crippen LogP contribution in [0, 0.1) is 13.8 Å². The third kappa shape index (κ3) is 7.36. The molecule has 0 radical (unpaired) electrons. The number of anilines is 2. The predicted octanol–water partition coefficient (Wildman–Crippen LogP) is 4.86. The van der Waals surface area contributed by atoms with Gasteiger partial charge in [-0.15, -0.1) is 0 Å². The molecule has 2 heterocycles. The maximum atomic E-state index is 13.8. The molecule has 1 fully saturated rings. The Morgan fingerprint density at radius 2 is 1.67 bits per heavy atom. The molecule has 2 amide bonds. The average Bonchev–Trinajstić information content (AvgIpc) is 2.95. The normalized spacial score (nSPS) is 14.9. The molecule has 1 aliphatic rings. The van der Waals surface area contributed by atoms with Gasteiger partial charge in [-0.05, 0) is 63.1 Å². The highest BCUT2D eigenvalue weighted by Gasteiger charge is 2.40. The summed E-state index contributed by atoms with van der Waals surface area (Å²) in [6.07, 6.45) is 0.452. The molecule has 1 N–H and O–H groups in total. The second-order valence-electron chi connectivity index (χ2n) is 9.92. The van der Waals surface area contributed by atoms with E-state index in [0.29, 0.717) is 37.0 Å². The number of benzene rings is 2. The van der Waals surface area contributed by atoms with Crippen LogP contribution >= 0.6 is 11.8 Å². The van der Waals surface area contributed by atoms with Crippen LogP contribution in [-0.2, 0) is 20.9 Å². The first-order valence-electron chi connectivity index (χ1n) is 13.3. The van der Waals surface area contributed by atoms with E-state index in [1.54, 1.807) is 4.90 Å². The van der Waals surface area contributed by atoms with E-state index in [1.165, 1.54) is 11.8 Å². The Labute approximate surface area is 235 Å². The summed E-state index contributed by atoms with van der Waals surface area (Å²) in [5.41, 5.74) is 3.40. The summed E-state index contributed by atoms with van der Waals surface area (Å²) in [6, 6.07) is 19.5. The first kappa shape index (κ1) is 28.6. The molecule has 0 bridgehead atoms. The van der Waals surface area contributed by atoms with Gasteiger partial charge in [0.15, 0.2) is 5.16 Å². The number of hydrogen-bond donors (Lipinski definition) is 1. The molecule has 39 heavy (non-hydrogen) atoms. The molecule has 1 aliphatic heterocycles. The lowest BCUT2D eigenvalue weighted by molar-refractivity contribution is -0.143. The number of morpholine rings is 1. The third-order valence-corrected chi connectivity index (χ3v) is 7.88. The van der Waals surface area contributed by atoms with Crippen molar-refractivity contribution in [3.63, 3.8) is 0 Å². The fourth-order valence-electron chi connectivity index (χ4n) is 4.58. The van der Waals surface area contributed by atoms with Crippen LogP contribution in [0.5, 0.6) is 0 Å². The van der Waals surface area contributed by atoms with E-state index in [0.717, 1.165) is 35.7 Å². The van der Waals surface area contributed by atoms with E-state index in [2.05, 4.69) is 20.2 Å². The van der Waals surface area contributed by atoms with Crippen molar-refractivity contribution in [1.29, 1.82) is 0 Å². The lowest BCUT2D eigenvalue weighted by atomic mass is 9.93. The summed E-state index contributed by atoms with van der Waals surface area (Å²) in [6.45, 7) is 11.0. The number of amides is 2. The maximum Gasteiger partial charge on any atom is 0.250 e. The number of nitrogens with zero attached hydrogens (tertiary/aromatic N) is 4. The van der Waals surface area contributed by atoms with Gasteiger partial charge in [0.2, 0.25) is 11.8 Å². The van der Waals surface area contributed by atoms with Gasteiger partial charge in [0, 0.05) is 42.4 Å². The van der Waals surface area contributed by atoms with Gasteiger partial charge in [0.05, 0.1) is 19.0 Å². The number of aryl methyl sites for hydroxylation is 2. The molecule has 8 nitrogen and oxygen atoms in total. The largest absolute Gasteiger partial charge is 0.378 e. The number of thioether (sulfide) groups is 1. The van der Waals surface area contributed by atoms with E-state index < -0.39 is 5.54 Å². The lowest BCUT2D eigenvalue weighted by Crippen LogP contribution is -2.57. The molecule has 1 saturated heterocycles. The van der Waals surface area contributed by atoms with Gasteiger partial charge in [-0.25, -0.2) is 9.97 Å². The smallest absolute Gasteiger partial charge is 0.250 e. The SMILES string of the molecule is CCC(C)(C(=O)Nc1ccc(N2CCOCC2)cc1)N(Cc1ccccc1)C(=O)CSc1nc(C)cc(C)n1. The van der Waals surface area contributed by atoms with Gasteiger partial charge >= 0.3 is 0 Å². The standard InChI is InChI=1S/C30H37N5O3S/c1-5-30(4,28(37)33-25-11-13-26(14-12-25)34-15-17-38-18-16-34)35(20-24-9-7-6-8-10-24)27(36)21-39-29-31-22(2)19-23(3)32-29/h6-14,19H,5,15-18,20-21H2,1-4H3,(H,33,37). The van der Waals surface area contributed by atoms with Gasteiger partial charge in [-0.3, -0.25) is 9.59 Å². The third-order valence-electron chi connectivity index (χ3n) is 7.05. The van der Waals surface area contributed by atoms with Crippen molar-refractivity contribution in [1.82, 2.24) is 14.9 Å². The van der Waals surface area contributed by atoms with Crippen molar-refractivity contribution in [2.45, 2.75) is 51.4 Å². The predicted molar refractivity (Wildman–Crippen MR) is 156 cm³/mol. The van der Waals surface area contributed by atoms with E-state index in [4.69, 9.17) is 4.74 Å². The van der Waals surface area contributed by atoms with Crippen LogP contribution in [0.2, 0.25) is 0 Å². The van der Waals surface area contributed by atoms with Gasteiger partial charge in [0.1, 0.15) is 5.54 Å². The highest BCUT2D eigenvalue weighted by atomic mass is 32.2. The molecule has 0 saturated carbocycles. The zero-order valence-electron chi connectivity index (χ0n) is 23.1. The van der Waals surface area contributed by atoms with Gasteiger partial charge in [-0.2, -0.15) is 0 Å². The van der Waals surface area contributed by atoms with Crippen molar-refractivity contribution in [2.24, 2.45) is 0 Å². The van der Waals surface area contributed by atoms with Crippen LogP contribution in [0.25, 0.3) is 0 Å². The van der Waals surface area contributed by atoms with Crippen LogP contribution in [0.1, 0.15) is 37.2 Å². The van der Waals surface area contributed by atoms with E-state index in [9.17, 15) is 9.59 Å². The number of hydrogen-bond acceptors (Lipinski definition) is 7. The first-order chi connectivity index (χ1) is 18.8. The van der Waals surface area contributed by atoms with Crippen LogP contribution in [0.3, 0.4) is 0 Å². The number of carbonyl (C=O) groups is 2. The second-order valence-corrected chi connectivity index (χ2v) is 10.9. The van der Waals surface area contributed by atoms with Crippen LogP contribution in [0.15, 0.2) is 65.8 Å². The lowest BCUT2D eigenvalue weighted by Gasteiger charge is -2.39. The Hall–Kier alpha value is -3.43. The molecule has 9 heteroatoms. The van der Waals surface area contributed by atoms with Crippen molar-refractivity contribution < 1.29 is 14.3 Å². The van der Waals surface area contributed by atoms with E-state index in [-0.39, 0.29) is 17.6 Å². The topological polar surface area (TPSA) is 87.7 Å². The molecule has 0 aliphatic carbocycles. The van der Waals surface area contributed by atoms with E-state index >= 15 is 0 Å². The van der Waals surface area contributed by atoms with Crippen LogP contribution < -0.4 is 10.2 Å². The molecule has 0 spiro atoms. The minimum atomic E-state index is -1.07. The van der Waals surface area contributed by atoms with Gasteiger partial charge in [-0.1, -0.05) is 49.0 Å². The summed E-state index contributed by atoms with van der Waals surface area (Å²) in [5.74, 6) is -0.234. The Morgan fingerprint density at radius 1 is 1.03 bits per heavy atom. The fraction of sp³-hybridized carbons (Fsp3) is 0.400. The van der Waals surface area contributed by atoms with Crippen molar-refractivity contribution >= 4 is 35.0 Å². The maximum absolute atomic E-state index is 13.8. The highest BCUT2D eigenvalue weighted by Crippen LogP contribution is 2.28. The molecular formula is C30H37N5O3S. The number of aromatic nitrogens is 2. The number of rotatable bonds is 10. The Balaban J connectivity index is 1.52. The molecule has 4 rings (SSSR count). The second kappa shape index (κ2) is 13.1. The van der Waals surface area contributed by atoms with Gasteiger partial charge in [0.25, 0.3) is 0 Å². The summed E-state index contributed by atoms with van der Waals surface area (Å²) in [5, 5.41) is 3.62. The summed E-state index contributed by atoms with van der Waals surface area (Å²) < 4.78 is 5.45. The van der Waals surface area contributed by atoms with Crippen molar-refractivity contribution in [3.8, 4) is 0 Å². The van der Waals surface area contributed by atoms with Crippen molar-refractivity contribution in [3.05, 3.63) is 77.6 Å². The highest BCUT2D eigenvalue weighted by molar-refractivity contribution is 7.99. The number of nitrogens with one attached hydrogen (secondary N) is 1. The number of carbonyl (C=O) groups excluding carboxylic acids is 2. The Kier molecular flexibility index (Phi) is 9.59. The Bertz CT molecular complexity index is 1250. The Morgan fingerprint density at radius 3 is 2.28 bits per heavy atom. The van der Waals surface area contributed by atoms with Gasteiger partial charge < -0.3 is 19.9 Å². The summed E-state index contributed by atoms with van der Waals surface area (Å²) in [4.78, 5) is 40.4. The molecule has 1 atom stereocenters. The summed E-state index contributed by atoms with van der Waals surface area (Å²) in [7, 11) is 0. The molecule has 1 aromatic heterocycles. The minimum absolute atomic E-state index is 0.132. The first-order valence-corrected chi connectivity index (χ1v) is 14.3. The zero-order valence-corrected chi connectivity index (χ0v) is 24.0.